The zero-order valence-electron chi connectivity index (χ0n) is 26.6. The highest BCUT2D eigenvalue weighted by molar-refractivity contribution is 8.18. The molecule has 2 aliphatic heterocycles. The maximum Gasteiger partial charge on any atom is 0.259 e. The van der Waals surface area contributed by atoms with E-state index in [4.69, 9.17) is 31.8 Å². The van der Waals surface area contributed by atoms with Crippen LogP contribution in [0.1, 0.15) is 51.1 Å². The largest absolute Gasteiger partial charge is 0.443 e. The van der Waals surface area contributed by atoms with Crippen molar-refractivity contribution >= 4 is 70.2 Å². The van der Waals surface area contributed by atoms with Crippen LogP contribution in [0.2, 0.25) is 0 Å². The Morgan fingerprint density at radius 1 is 0.978 bits per heavy atom. The number of carbonyl (C=O) groups excluding carboxylic acids is 2. The molecule has 3 aromatic rings. The van der Waals surface area contributed by atoms with Crippen molar-refractivity contribution in [2.24, 2.45) is 0 Å². The van der Waals surface area contributed by atoms with Crippen LogP contribution in [-0.4, -0.2) is 105 Å². The van der Waals surface area contributed by atoms with Gasteiger partial charge < -0.3 is 18.2 Å². The molecule has 0 bridgehead atoms. The molecule has 0 atom stereocenters. The van der Waals surface area contributed by atoms with Gasteiger partial charge >= 0.3 is 0 Å². The molecular formula is C30H42ClN5O5S4. The lowest BCUT2D eigenvalue weighted by Crippen LogP contribution is -2.15. The highest BCUT2D eigenvalue weighted by Gasteiger charge is 2.26. The summed E-state index contributed by atoms with van der Waals surface area (Å²) in [4.78, 5) is 37.3. The molecule has 0 spiro atoms. The minimum Gasteiger partial charge on any atom is -0.443 e. The molecule has 5 rings (SSSR count). The van der Waals surface area contributed by atoms with E-state index >= 15 is 0 Å². The predicted molar refractivity (Wildman–Crippen MR) is 189 cm³/mol. The standard InChI is InChI=1S/C15H21N3O2S2.C5H7ClOS2.C5H5NO2.C5H9N/c1-10-9-19-13(16-10)12-11(5-6-18(2)3)20-14(17-12)15-21-7-4-8-22-15;6-4(7)5-8-2-1-3-9-5;1-4-3-8-5(2-7)6-4;1-4-5-6(2)3/h9,15H,4-8H2,1-3H3;5H,1-3H2;2-3H,1H3;1H,5H2,2-3H3. The lowest BCUT2D eigenvalue weighted by atomic mass is 10.2. The zero-order valence-corrected chi connectivity index (χ0v) is 30.6. The number of halogens is 1. The van der Waals surface area contributed by atoms with Gasteiger partial charge in [0.25, 0.3) is 5.89 Å². The summed E-state index contributed by atoms with van der Waals surface area (Å²) in [5, 5.41) is -0.204. The van der Waals surface area contributed by atoms with Crippen LogP contribution >= 0.6 is 58.6 Å². The topological polar surface area (TPSA) is 119 Å². The summed E-state index contributed by atoms with van der Waals surface area (Å²) < 4.78 is 16.6. The smallest absolute Gasteiger partial charge is 0.259 e. The molecule has 3 aromatic heterocycles. The molecule has 248 valence electrons. The van der Waals surface area contributed by atoms with E-state index in [0.717, 1.165) is 59.7 Å². The van der Waals surface area contributed by atoms with Crippen LogP contribution in [0.25, 0.3) is 11.6 Å². The van der Waals surface area contributed by atoms with Gasteiger partial charge in [-0.2, -0.15) is 0 Å². The molecule has 45 heavy (non-hydrogen) atoms. The number of likely N-dealkylation sites (N-methyl/N-ethyl adjacent to an activating group) is 1. The van der Waals surface area contributed by atoms with E-state index in [9.17, 15) is 9.59 Å². The Kier molecular flexibility index (Phi) is 19.1. The van der Waals surface area contributed by atoms with Gasteiger partial charge in [0.1, 0.15) is 27.5 Å². The maximum atomic E-state index is 10.5. The van der Waals surface area contributed by atoms with Crippen molar-refractivity contribution in [1.82, 2.24) is 24.8 Å². The number of aryl methyl sites for hydroxylation is 2. The summed E-state index contributed by atoms with van der Waals surface area (Å²) in [6.07, 6.45) is 11.9. The van der Waals surface area contributed by atoms with E-state index in [-0.39, 0.29) is 20.3 Å². The number of oxazole rings is 3. The fourth-order valence-corrected chi connectivity index (χ4v) is 8.97. The second-order valence-electron chi connectivity index (χ2n) is 10.2. The summed E-state index contributed by atoms with van der Waals surface area (Å²) in [5.41, 5.74) is 2.35. The molecule has 2 saturated heterocycles. The van der Waals surface area contributed by atoms with Crippen LogP contribution < -0.4 is 0 Å². The average molecular weight is 716 g/mol. The molecule has 0 aliphatic carbocycles. The molecule has 0 N–H and O–H groups in total. The number of rotatable bonds is 8. The molecule has 15 heteroatoms. The van der Waals surface area contributed by atoms with E-state index in [1.165, 1.54) is 30.6 Å². The van der Waals surface area contributed by atoms with Crippen LogP contribution in [-0.2, 0) is 11.2 Å². The van der Waals surface area contributed by atoms with Crippen LogP contribution in [0.5, 0.6) is 0 Å². The molecule has 0 radical (unpaired) electrons. The molecule has 0 unspecified atom stereocenters. The molecule has 2 fully saturated rings. The van der Waals surface area contributed by atoms with Gasteiger partial charge in [0.15, 0.2) is 5.69 Å². The number of carbonyl (C=O) groups is 2. The third-order valence-corrected chi connectivity index (χ3v) is 11.8. The van der Waals surface area contributed by atoms with E-state index in [1.807, 2.05) is 49.4 Å². The minimum atomic E-state index is -0.204. The first-order valence-corrected chi connectivity index (χ1v) is 18.8. The number of aromatic nitrogens is 3. The Bertz CT molecular complexity index is 1330. The molecule has 10 nitrogen and oxygen atoms in total. The number of aldehydes is 1. The molecule has 5 heterocycles. The van der Waals surface area contributed by atoms with Gasteiger partial charge in [-0.25, -0.2) is 15.0 Å². The second-order valence-corrected chi connectivity index (χ2v) is 16.0. The van der Waals surface area contributed by atoms with Crippen molar-refractivity contribution in [3.63, 3.8) is 0 Å². The number of hydrogen-bond acceptors (Lipinski definition) is 14. The minimum absolute atomic E-state index is 0.0143. The summed E-state index contributed by atoms with van der Waals surface area (Å²) in [5.74, 6) is 9.36. The first-order chi connectivity index (χ1) is 21.5. The molecule has 0 amide bonds. The van der Waals surface area contributed by atoms with Gasteiger partial charge in [-0.1, -0.05) is 5.92 Å². The van der Waals surface area contributed by atoms with Gasteiger partial charge in [-0.3, -0.25) is 14.5 Å². The van der Waals surface area contributed by atoms with Gasteiger partial charge in [0.05, 0.1) is 17.9 Å². The first-order valence-electron chi connectivity index (χ1n) is 14.2. The molecule has 0 aromatic carbocycles. The third-order valence-electron chi connectivity index (χ3n) is 5.51. The van der Waals surface area contributed by atoms with Crippen molar-refractivity contribution in [2.45, 2.75) is 42.3 Å². The van der Waals surface area contributed by atoms with Gasteiger partial charge in [-0.15, -0.1) is 53.5 Å². The van der Waals surface area contributed by atoms with Crippen molar-refractivity contribution in [3.05, 3.63) is 41.5 Å². The fraction of sp³-hybridized carbons (Fsp3) is 0.567. The maximum absolute atomic E-state index is 10.5. The van der Waals surface area contributed by atoms with Crippen LogP contribution in [0.4, 0.5) is 0 Å². The fourth-order valence-electron chi connectivity index (χ4n) is 3.45. The van der Waals surface area contributed by atoms with Crippen molar-refractivity contribution in [1.29, 1.82) is 0 Å². The first kappa shape index (κ1) is 39.3. The molecular weight excluding hydrogens is 674 g/mol. The van der Waals surface area contributed by atoms with E-state index < -0.39 is 0 Å². The summed E-state index contributed by atoms with van der Waals surface area (Å²) in [7, 11) is 8.00. The number of hydrogen-bond donors (Lipinski definition) is 0. The molecule has 0 saturated carbocycles. The Hall–Kier alpha value is -1.86. The highest BCUT2D eigenvalue weighted by atomic mass is 35.5. The Balaban J connectivity index is 0.000000251. The quantitative estimate of drug-likeness (QED) is 0.143. The lowest BCUT2D eigenvalue weighted by Gasteiger charge is -2.17. The van der Waals surface area contributed by atoms with E-state index in [2.05, 4.69) is 39.3 Å². The van der Waals surface area contributed by atoms with Crippen LogP contribution in [0, 0.1) is 26.2 Å². The Morgan fingerprint density at radius 3 is 1.98 bits per heavy atom. The molecule has 2 aliphatic rings. The monoisotopic (exact) mass is 715 g/mol. The second kappa shape index (κ2) is 21.8. The van der Waals surface area contributed by atoms with Gasteiger partial charge in [-0.05, 0) is 89.5 Å². The number of nitrogens with zero attached hydrogens (tertiary/aromatic N) is 5. The number of thioether (sulfide) groups is 4. The summed E-state index contributed by atoms with van der Waals surface area (Å²) >= 11 is 12.4. The van der Waals surface area contributed by atoms with Crippen LogP contribution in [0.15, 0.2) is 25.8 Å². The van der Waals surface area contributed by atoms with Crippen molar-refractivity contribution < 1.29 is 22.8 Å². The SMILES string of the molecule is C#CCN(C)C.Cc1coc(-c2nc(C3SCCCS3)oc2CCN(C)C)n1.Cc1coc(C=O)n1.O=C(Cl)C1SCCCS1. The summed E-state index contributed by atoms with van der Waals surface area (Å²) in [6, 6.07) is 0. The third kappa shape index (κ3) is 15.5. The van der Waals surface area contributed by atoms with E-state index in [0.29, 0.717) is 12.2 Å². The zero-order chi connectivity index (χ0) is 33.2. The highest BCUT2D eigenvalue weighted by Crippen LogP contribution is 2.44. The number of terminal acetylenes is 1. The lowest BCUT2D eigenvalue weighted by molar-refractivity contribution is -0.110. The predicted octanol–water partition coefficient (Wildman–Crippen LogP) is 6.54. The van der Waals surface area contributed by atoms with Crippen LogP contribution in [0.3, 0.4) is 0 Å². The van der Waals surface area contributed by atoms with Crippen molar-refractivity contribution in [2.75, 3.05) is 64.3 Å². The Labute approximate surface area is 288 Å². The van der Waals surface area contributed by atoms with Gasteiger partial charge in [0.2, 0.25) is 23.3 Å². The normalized spacial score (nSPS) is 15.2. The van der Waals surface area contributed by atoms with Crippen molar-refractivity contribution in [3.8, 4) is 23.9 Å². The van der Waals surface area contributed by atoms with E-state index in [1.54, 1.807) is 36.7 Å². The van der Waals surface area contributed by atoms with Gasteiger partial charge in [0, 0.05) is 13.0 Å². The Morgan fingerprint density at radius 2 is 1.58 bits per heavy atom. The summed E-state index contributed by atoms with van der Waals surface area (Å²) in [6.45, 7) is 5.32. The average Bonchev–Trinajstić information content (AvgIpc) is 3.77.